The minimum Gasteiger partial charge on any atom is -0.497 e. The van der Waals surface area contributed by atoms with Crippen LogP contribution in [-0.4, -0.2) is 26.3 Å². The Morgan fingerprint density at radius 1 is 1.12 bits per heavy atom. The molecule has 0 saturated heterocycles. The lowest BCUT2D eigenvalue weighted by atomic mass is 10.0. The number of hydrogen-bond acceptors (Lipinski definition) is 3. The third-order valence-corrected chi connectivity index (χ3v) is 4.59. The molecule has 1 heterocycles. The number of aryl methyl sites for hydroxylation is 2. The standard InChI is InChI=1S/C21H27NO2/c1-23-19-12-10-18-11-13-20(24-21(18)15-19)16-22-14-6-5-9-17-7-3-2-4-8-17/h2-4,7-8,10,12,15,20,22H,5-6,9,11,13-14,16H2,1H3. The van der Waals surface area contributed by atoms with Crippen molar-refractivity contribution < 1.29 is 9.47 Å². The number of methoxy groups -OCH3 is 1. The quantitative estimate of drug-likeness (QED) is 0.744. The van der Waals surface area contributed by atoms with Crippen molar-refractivity contribution in [2.24, 2.45) is 0 Å². The van der Waals surface area contributed by atoms with Gasteiger partial charge in [0.25, 0.3) is 0 Å². The molecule has 0 aliphatic carbocycles. The number of hydrogen-bond donors (Lipinski definition) is 1. The van der Waals surface area contributed by atoms with Crippen LogP contribution in [0, 0.1) is 0 Å². The molecule has 3 rings (SSSR count). The number of unbranched alkanes of at least 4 members (excludes halogenated alkanes) is 1. The maximum absolute atomic E-state index is 6.11. The van der Waals surface area contributed by atoms with Gasteiger partial charge in [0.05, 0.1) is 7.11 Å². The maximum atomic E-state index is 6.11. The first-order valence-corrected chi connectivity index (χ1v) is 8.93. The van der Waals surface area contributed by atoms with Crippen LogP contribution in [0.5, 0.6) is 11.5 Å². The highest BCUT2D eigenvalue weighted by molar-refractivity contribution is 5.42. The van der Waals surface area contributed by atoms with Gasteiger partial charge in [-0.15, -0.1) is 0 Å². The van der Waals surface area contributed by atoms with E-state index in [4.69, 9.17) is 9.47 Å². The first kappa shape index (κ1) is 16.8. The van der Waals surface area contributed by atoms with E-state index in [0.717, 1.165) is 43.9 Å². The molecule has 0 amide bonds. The molecule has 1 N–H and O–H groups in total. The lowest BCUT2D eigenvalue weighted by Gasteiger charge is -2.26. The average molecular weight is 325 g/mol. The van der Waals surface area contributed by atoms with E-state index in [1.165, 1.54) is 24.0 Å². The van der Waals surface area contributed by atoms with Crippen LogP contribution < -0.4 is 14.8 Å². The van der Waals surface area contributed by atoms with E-state index in [1.54, 1.807) is 7.11 Å². The van der Waals surface area contributed by atoms with Crippen LogP contribution in [0.3, 0.4) is 0 Å². The molecule has 0 spiro atoms. The molecule has 0 saturated carbocycles. The molecule has 0 radical (unpaired) electrons. The monoisotopic (exact) mass is 325 g/mol. The summed E-state index contributed by atoms with van der Waals surface area (Å²) in [6, 6.07) is 16.8. The molecule has 2 aromatic rings. The summed E-state index contributed by atoms with van der Waals surface area (Å²) < 4.78 is 11.4. The summed E-state index contributed by atoms with van der Waals surface area (Å²) in [6.45, 7) is 1.97. The molecule has 1 aliphatic rings. The van der Waals surface area contributed by atoms with Crippen LogP contribution in [0.1, 0.15) is 30.4 Å². The Morgan fingerprint density at radius 3 is 2.83 bits per heavy atom. The normalized spacial score (nSPS) is 16.3. The Hall–Kier alpha value is -2.00. The minimum atomic E-state index is 0.263. The Kier molecular flexibility index (Phi) is 6.13. The van der Waals surface area contributed by atoms with E-state index in [0.29, 0.717) is 0 Å². The summed E-state index contributed by atoms with van der Waals surface area (Å²) in [4.78, 5) is 0. The van der Waals surface area contributed by atoms with Crippen molar-refractivity contribution >= 4 is 0 Å². The minimum absolute atomic E-state index is 0.263. The van der Waals surface area contributed by atoms with Crippen molar-refractivity contribution in [3.05, 3.63) is 59.7 Å². The molecule has 1 aliphatic heterocycles. The van der Waals surface area contributed by atoms with Gasteiger partial charge in [0.2, 0.25) is 0 Å². The van der Waals surface area contributed by atoms with Crippen LogP contribution >= 0.6 is 0 Å². The molecular weight excluding hydrogens is 298 g/mol. The lowest BCUT2D eigenvalue weighted by Crippen LogP contribution is -2.34. The molecular formula is C21H27NO2. The molecule has 1 unspecified atom stereocenters. The third kappa shape index (κ3) is 4.75. The van der Waals surface area contributed by atoms with Gasteiger partial charge in [-0.1, -0.05) is 36.4 Å². The number of rotatable bonds is 8. The Bertz CT molecular complexity index is 627. The number of nitrogens with one attached hydrogen (secondary N) is 1. The van der Waals surface area contributed by atoms with Crippen molar-refractivity contribution in [1.29, 1.82) is 0 Å². The van der Waals surface area contributed by atoms with Gasteiger partial charge in [-0.3, -0.25) is 0 Å². The summed E-state index contributed by atoms with van der Waals surface area (Å²) in [5.74, 6) is 1.85. The molecule has 24 heavy (non-hydrogen) atoms. The number of benzene rings is 2. The maximum Gasteiger partial charge on any atom is 0.126 e. The second-order valence-electron chi connectivity index (χ2n) is 6.40. The number of fused-ring (bicyclic) bond motifs is 1. The highest BCUT2D eigenvalue weighted by atomic mass is 16.5. The fraction of sp³-hybridized carbons (Fsp3) is 0.429. The van der Waals surface area contributed by atoms with Gasteiger partial charge < -0.3 is 14.8 Å². The van der Waals surface area contributed by atoms with Crippen LogP contribution in [-0.2, 0) is 12.8 Å². The predicted octanol–water partition coefficient (Wildman–Crippen LogP) is 4.00. The summed E-state index contributed by atoms with van der Waals surface area (Å²) in [5.41, 5.74) is 2.72. The van der Waals surface area contributed by atoms with Crippen molar-refractivity contribution in [1.82, 2.24) is 5.32 Å². The Labute approximate surface area is 145 Å². The van der Waals surface area contributed by atoms with E-state index >= 15 is 0 Å². The second-order valence-corrected chi connectivity index (χ2v) is 6.40. The summed E-state index contributed by atoms with van der Waals surface area (Å²) in [6.07, 6.45) is 6.01. The zero-order valence-corrected chi connectivity index (χ0v) is 14.5. The molecule has 0 fully saturated rings. The smallest absolute Gasteiger partial charge is 0.126 e. The van der Waals surface area contributed by atoms with Gasteiger partial charge in [0.15, 0.2) is 0 Å². The van der Waals surface area contributed by atoms with Gasteiger partial charge in [0.1, 0.15) is 17.6 Å². The second kappa shape index (κ2) is 8.74. The molecule has 128 valence electrons. The van der Waals surface area contributed by atoms with E-state index < -0.39 is 0 Å². The Morgan fingerprint density at radius 2 is 2.00 bits per heavy atom. The van der Waals surface area contributed by atoms with Crippen LogP contribution in [0.4, 0.5) is 0 Å². The van der Waals surface area contributed by atoms with E-state index in [-0.39, 0.29) is 6.10 Å². The first-order valence-electron chi connectivity index (χ1n) is 8.93. The van der Waals surface area contributed by atoms with Gasteiger partial charge in [-0.05, 0) is 55.8 Å². The van der Waals surface area contributed by atoms with E-state index in [9.17, 15) is 0 Å². The zero-order chi connectivity index (χ0) is 16.6. The predicted molar refractivity (Wildman–Crippen MR) is 98.0 cm³/mol. The molecule has 0 aromatic heterocycles. The van der Waals surface area contributed by atoms with E-state index in [1.807, 2.05) is 12.1 Å². The molecule has 3 nitrogen and oxygen atoms in total. The van der Waals surface area contributed by atoms with Gasteiger partial charge >= 0.3 is 0 Å². The summed E-state index contributed by atoms with van der Waals surface area (Å²) in [5, 5.41) is 3.54. The van der Waals surface area contributed by atoms with Gasteiger partial charge in [0, 0.05) is 12.6 Å². The van der Waals surface area contributed by atoms with Gasteiger partial charge in [-0.2, -0.15) is 0 Å². The number of ether oxygens (including phenoxy) is 2. The van der Waals surface area contributed by atoms with Crippen LogP contribution in [0.25, 0.3) is 0 Å². The lowest BCUT2D eigenvalue weighted by molar-refractivity contribution is 0.170. The summed E-state index contributed by atoms with van der Waals surface area (Å²) in [7, 11) is 1.69. The fourth-order valence-electron chi connectivity index (χ4n) is 3.16. The molecule has 1 atom stereocenters. The van der Waals surface area contributed by atoms with Crippen molar-refractivity contribution in [2.75, 3.05) is 20.2 Å². The molecule has 3 heteroatoms. The van der Waals surface area contributed by atoms with Crippen LogP contribution in [0.15, 0.2) is 48.5 Å². The third-order valence-electron chi connectivity index (χ3n) is 4.59. The van der Waals surface area contributed by atoms with Gasteiger partial charge in [-0.25, -0.2) is 0 Å². The van der Waals surface area contributed by atoms with Crippen LogP contribution in [0.2, 0.25) is 0 Å². The topological polar surface area (TPSA) is 30.5 Å². The Balaban J connectivity index is 1.34. The summed E-state index contributed by atoms with van der Waals surface area (Å²) >= 11 is 0. The van der Waals surface area contributed by atoms with E-state index in [2.05, 4.69) is 41.7 Å². The fourth-order valence-corrected chi connectivity index (χ4v) is 3.16. The van der Waals surface area contributed by atoms with Crippen molar-refractivity contribution in [3.8, 4) is 11.5 Å². The largest absolute Gasteiger partial charge is 0.497 e. The molecule has 0 bridgehead atoms. The SMILES string of the molecule is COc1ccc2c(c1)OC(CNCCCCc1ccccc1)CC2. The zero-order valence-electron chi connectivity index (χ0n) is 14.5. The highest BCUT2D eigenvalue weighted by Gasteiger charge is 2.19. The highest BCUT2D eigenvalue weighted by Crippen LogP contribution is 2.31. The average Bonchev–Trinajstić information content (AvgIpc) is 2.64. The van der Waals surface area contributed by atoms with Crippen molar-refractivity contribution in [2.45, 2.75) is 38.2 Å². The molecule has 2 aromatic carbocycles. The first-order chi connectivity index (χ1) is 11.8. The van der Waals surface area contributed by atoms with Crippen molar-refractivity contribution in [3.63, 3.8) is 0 Å².